The highest BCUT2D eigenvalue weighted by Crippen LogP contribution is 2.13. The molecule has 1 fully saturated rings. The second-order valence-electron chi connectivity index (χ2n) is 6.49. The Hall–Kier alpha value is -2.74. The van der Waals surface area contributed by atoms with E-state index < -0.39 is 29.7 Å². The van der Waals surface area contributed by atoms with Crippen LogP contribution >= 0.6 is 0 Å². The summed E-state index contributed by atoms with van der Waals surface area (Å²) in [6.45, 7) is 3.85. The molecule has 8 heteroatoms. The zero-order chi connectivity index (χ0) is 19.1. The van der Waals surface area contributed by atoms with Crippen LogP contribution in [0.2, 0.25) is 0 Å². The molecule has 0 bridgehead atoms. The van der Waals surface area contributed by atoms with Gasteiger partial charge in [-0.15, -0.1) is 0 Å². The molecule has 0 saturated carbocycles. The molecule has 0 aromatic heterocycles. The summed E-state index contributed by atoms with van der Waals surface area (Å²) in [5, 5.41) is 2.56. The van der Waals surface area contributed by atoms with Gasteiger partial charge in [-0.2, -0.15) is 0 Å². The molecule has 1 aliphatic heterocycles. The summed E-state index contributed by atoms with van der Waals surface area (Å²) >= 11 is 0. The van der Waals surface area contributed by atoms with Crippen LogP contribution in [0, 0.1) is 11.8 Å². The highest BCUT2D eigenvalue weighted by Gasteiger charge is 2.34. The molecule has 1 aromatic rings. The van der Waals surface area contributed by atoms with E-state index in [1.165, 1.54) is 0 Å². The van der Waals surface area contributed by atoms with Gasteiger partial charge in [0.2, 0.25) is 5.78 Å². The summed E-state index contributed by atoms with van der Waals surface area (Å²) in [5.41, 5.74) is 5.63. The number of carbonyl (C=O) groups is 4. The first-order valence-electron chi connectivity index (χ1n) is 8.45. The molecular weight excluding hydrogens is 338 g/mol. The van der Waals surface area contributed by atoms with Crippen LogP contribution in [0.15, 0.2) is 30.3 Å². The zero-order valence-electron chi connectivity index (χ0n) is 14.8. The summed E-state index contributed by atoms with van der Waals surface area (Å²) < 4.78 is 5.14. The molecule has 0 spiro atoms. The third kappa shape index (κ3) is 5.38. The summed E-state index contributed by atoms with van der Waals surface area (Å²) in [6.07, 6.45) is -0.826. The molecule has 1 saturated heterocycles. The number of hydrazine groups is 1. The van der Waals surface area contributed by atoms with Gasteiger partial charge in [0, 0.05) is 18.9 Å². The van der Waals surface area contributed by atoms with Gasteiger partial charge in [0.05, 0.1) is 6.04 Å². The van der Waals surface area contributed by atoms with Gasteiger partial charge in [0.1, 0.15) is 6.61 Å². The number of hydrogen-bond acceptors (Lipinski definition) is 6. The normalized spacial score (nSPS) is 18.2. The average Bonchev–Trinajstić information content (AvgIpc) is 2.62. The van der Waals surface area contributed by atoms with Crippen LogP contribution in [0.1, 0.15) is 25.8 Å². The molecule has 140 valence electrons. The lowest BCUT2D eigenvalue weighted by Crippen LogP contribution is -2.54. The Morgan fingerprint density at radius 2 is 1.92 bits per heavy atom. The monoisotopic (exact) mass is 361 g/mol. The fraction of sp³-hybridized carbons (Fsp3) is 0.444. The Bertz CT molecular complexity index is 675. The van der Waals surface area contributed by atoms with Gasteiger partial charge < -0.3 is 10.1 Å². The molecule has 2 rings (SSSR count). The minimum absolute atomic E-state index is 0.0941. The van der Waals surface area contributed by atoms with Crippen molar-refractivity contribution in [1.29, 1.82) is 0 Å². The van der Waals surface area contributed by atoms with Gasteiger partial charge in [-0.25, -0.2) is 10.2 Å². The molecule has 8 nitrogen and oxygen atoms in total. The van der Waals surface area contributed by atoms with Crippen molar-refractivity contribution >= 4 is 23.6 Å². The highest BCUT2D eigenvalue weighted by atomic mass is 16.5. The lowest BCUT2D eigenvalue weighted by atomic mass is 9.89. The first-order valence-corrected chi connectivity index (χ1v) is 8.45. The number of amides is 2. The number of benzene rings is 1. The number of ketones is 2. The molecule has 26 heavy (non-hydrogen) atoms. The molecule has 1 heterocycles. The summed E-state index contributed by atoms with van der Waals surface area (Å²) in [4.78, 5) is 47.7. The maximum absolute atomic E-state index is 12.5. The number of alkyl carbamates (subject to hydrolysis) is 1. The van der Waals surface area contributed by atoms with E-state index in [0.29, 0.717) is 0 Å². The summed E-state index contributed by atoms with van der Waals surface area (Å²) in [5.74, 6) is -2.63. The fourth-order valence-electron chi connectivity index (χ4n) is 2.64. The van der Waals surface area contributed by atoms with Gasteiger partial charge in [-0.3, -0.25) is 19.8 Å². The first kappa shape index (κ1) is 19.6. The SMILES string of the molecule is CC(C)C(NC(=O)OCc1ccccc1)C(=O)CC1CNNC(=O)C1=O. The summed E-state index contributed by atoms with van der Waals surface area (Å²) in [7, 11) is 0. The highest BCUT2D eigenvalue weighted by molar-refractivity contribution is 6.37. The van der Waals surface area contributed by atoms with Crippen molar-refractivity contribution < 1.29 is 23.9 Å². The number of hydrogen-bond donors (Lipinski definition) is 3. The molecule has 2 unspecified atom stereocenters. The molecule has 1 aliphatic rings. The Kier molecular flexibility index (Phi) is 6.85. The van der Waals surface area contributed by atoms with Crippen LogP contribution in [0.5, 0.6) is 0 Å². The maximum atomic E-state index is 12.5. The molecule has 2 amide bonds. The van der Waals surface area contributed by atoms with E-state index in [2.05, 4.69) is 16.2 Å². The number of carbonyl (C=O) groups excluding carboxylic acids is 4. The Morgan fingerprint density at radius 1 is 1.23 bits per heavy atom. The Balaban J connectivity index is 1.90. The number of Topliss-reactive ketones (excluding diaryl/α,β-unsaturated/α-hetero) is 2. The van der Waals surface area contributed by atoms with Gasteiger partial charge in [-0.1, -0.05) is 44.2 Å². The third-order valence-corrected chi connectivity index (χ3v) is 4.09. The number of rotatable bonds is 7. The largest absolute Gasteiger partial charge is 0.445 e. The second-order valence-corrected chi connectivity index (χ2v) is 6.49. The predicted octanol–water partition coefficient (Wildman–Crippen LogP) is 0.716. The minimum atomic E-state index is -0.795. The smallest absolute Gasteiger partial charge is 0.408 e. The molecule has 0 aliphatic carbocycles. The van der Waals surface area contributed by atoms with Crippen LogP contribution < -0.4 is 16.2 Å². The van der Waals surface area contributed by atoms with Crippen molar-refractivity contribution in [3.05, 3.63) is 35.9 Å². The molecule has 3 N–H and O–H groups in total. The van der Waals surface area contributed by atoms with Crippen LogP contribution in [0.25, 0.3) is 0 Å². The minimum Gasteiger partial charge on any atom is -0.445 e. The molecule has 2 atom stereocenters. The standard InChI is InChI=1S/C18H23N3O5/c1-11(2)15(14(22)8-13-9-19-21-17(24)16(13)23)20-18(25)26-10-12-6-4-3-5-7-12/h3-7,11,13,15,19H,8-10H2,1-2H3,(H,20,25)(H,21,24). The summed E-state index contributed by atoms with van der Waals surface area (Å²) in [6, 6.07) is 8.38. The van der Waals surface area contributed by atoms with Crippen molar-refractivity contribution in [3.63, 3.8) is 0 Å². The van der Waals surface area contributed by atoms with Gasteiger partial charge in [0.15, 0.2) is 5.78 Å². The van der Waals surface area contributed by atoms with Gasteiger partial charge in [-0.05, 0) is 11.5 Å². The lowest BCUT2D eigenvalue weighted by molar-refractivity contribution is -0.144. The van der Waals surface area contributed by atoms with E-state index in [9.17, 15) is 19.2 Å². The maximum Gasteiger partial charge on any atom is 0.408 e. The van der Waals surface area contributed by atoms with Crippen molar-refractivity contribution in [2.24, 2.45) is 11.8 Å². The van der Waals surface area contributed by atoms with Crippen molar-refractivity contribution in [2.75, 3.05) is 6.54 Å². The quantitative estimate of drug-likeness (QED) is 0.617. The van der Waals surface area contributed by atoms with Crippen molar-refractivity contribution in [1.82, 2.24) is 16.2 Å². The van der Waals surface area contributed by atoms with Crippen LogP contribution in [-0.2, 0) is 25.7 Å². The Labute approximate surface area is 151 Å². The topological polar surface area (TPSA) is 114 Å². The fourth-order valence-corrected chi connectivity index (χ4v) is 2.64. The third-order valence-electron chi connectivity index (χ3n) is 4.09. The van der Waals surface area contributed by atoms with Crippen molar-refractivity contribution in [3.8, 4) is 0 Å². The van der Waals surface area contributed by atoms with Crippen LogP contribution in [0.3, 0.4) is 0 Å². The molecular formula is C18H23N3O5. The Morgan fingerprint density at radius 3 is 2.58 bits per heavy atom. The number of ether oxygens (including phenoxy) is 1. The average molecular weight is 361 g/mol. The number of nitrogens with one attached hydrogen (secondary N) is 3. The van der Waals surface area contributed by atoms with Crippen LogP contribution in [0.4, 0.5) is 4.79 Å². The van der Waals surface area contributed by atoms with E-state index in [1.54, 1.807) is 13.8 Å². The van der Waals surface area contributed by atoms with E-state index in [-0.39, 0.29) is 31.3 Å². The first-order chi connectivity index (χ1) is 12.4. The van der Waals surface area contributed by atoms with E-state index in [1.807, 2.05) is 30.3 Å². The van der Waals surface area contributed by atoms with Crippen molar-refractivity contribution in [2.45, 2.75) is 32.9 Å². The lowest BCUT2D eigenvalue weighted by Gasteiger charge is -2.25. The molecule has 1 aromatic carbocycles. The van der Waals surface area contributed by atoms with E-state index >= 15 is 0 Å². The van der Waals surface area contributed by atoms with E-state index in [0.717, 1.165) is 5.56 Å². The zero-order valence-corrected chi connectivity index (χ0v) is 14.8. The van der Waals surface area contributed by atoms with Gasteiger partial charge >= 0.3 is 12.0 Å². The van der Waals surface area contributed by atoms with Gasteiger partial charge in [0.25, 0.3) is 0 Å². The second kappa shape index (κ2) is 9.10. The predicted molar refractivity (Wildman–Crippen MR) is 92.7 cm³/mol. The van der Waals surface area contributed by atoms with E-state index in [4.69, 9.17) is 4.74 Å². The van der Waals surface area contributed by atoms with Crippen LogP contribution in [-0.4, -0.2) is 36.2 Å². The molecule has 0 radical (unpaired) electrons.